The molecule has 0 aliphatic heterocycles. The Kier molecular flexibility index (Phi) is 11.1. The van der Waals surface area contributed by atoms with Crippen LogP contribution in [-0.4, -0.2) is 54.5 Å². The van der Waals surface area contributed by atoms with Gasteiger partial charge in [0.05, 0.1) is 27.8 Å². The predicted octanol–water partition coefficient (Wildman–Crippen LogP) is 4.58. The van der Waals surface area contributed by atoms with Gasteiger partial charge in [0.15, 0.2) is 46.1 Å². The summed E-state index contributed by atoms with van der Waals surface area (Å²) in [5.74, 6) is 0.271. The van der Waals surface area contributed by atoms with Crippen LogP contribution in [0.4, 0.5) is 0 Å². The quantitative estimate of drug-likeness (QED) is 0.199. The van der Waals surface area contributed by atoms with Crippen molar-refractivity contribution in [1.29, 1.82) is 0 Å². The molecular formula is C29H28O9. The standard InChI is InChI=1S/C21H20O6.C8H8O3/c1-26-20-11-14(5-9-18(20)24)3-7-16(22)13-17(23)8-4-15-6-10-19(25)21(12-15)27-2;1-11-8-4-6(5-9)2-3-7(8)10/h3-12,24-25H,13H2,1-2H3;2-5,10H,1H3/b7-3+,8-4+;. The normalized spacial score (nSPS) is 10.5. The molecule has 0 aliphatic rings. The average Bonchev–Trinajstić information content (AvgIpc) is 2.92. The van der Waals surface area contributed by atoms with Crippen LogP contribution in [0.1, 0.15) is 27.9 Å². The zero-order chi connectivity index (χ0) is 28.1. The number of carbonyl (C=O) groups is 3. The number of aldehydes is 1. The van der Waals surface area contributed by atoms with Crippen molar-refractivity contribution in [3.8, 4) is 34.5 Å². The summed E-state index contributed by atoms with van der Waals surface area (Å²) in [6.45, 7) is 0. The summed E-state index contributed by atoms with van der Waals surface area (Å²) in [6, 6.07) is 13.8. The number of aromatic hydroxyl groups is 3. The number of rotatable bonds is 10. The lowest BCUT2D eigenvalue weighted by molar-refractivity contribution is -0.121. The first kappa shape index (κ1) is 29.2. The van der Waals surface area contributed by atoms with E-state index in [1.807, 2.05) is 0 Å². The van der Waals surface area contributed by atoms with E-state index in [0.29, 0.717) is 40.2 Å². The lowest BCUT2D eigenvalue weighted by Gasteiger charge is -2.03. The minimum atomic E-state index is -0.347. The SMILES string of the molecule is COc1cc(/C=C/C(=O)CC(=O)/C=C/c2ccc(O)c(OC)c2)ccc1O.COc1cc(C=O)ccc1O. The Morgan fingerprint density at radius 2 is 0.974 bits per heavy atom. The molecule has 0 unspecified atom stereocenters. The average molecular weight is 521 g/mol. The van der Waals surface area contributed by atoms with Crippen molar-refractivity contribution in [3.05, 3.63) is 83.4 Å². The Bertz CT molecular complexity index is 1270. The number of phenols is 3. The molecule has 3 aromatic carbocycles. The number of phenolic OH excluding ortho intramolecular Hbond substituents is 3. The Morgan fingerprint density at radius 1 is 0.632 bits per heavy atom. The topological polar surface area (TPSA) is 140 Å². The van der Waals surface area contributed by atoms with Crippen LogP contribution in [-0.2, 0) is 9.59 Å². The summed E-state index contributed by atoms with van der Waals surface area (Å²) in [7, 11) is 4.30. The fourth-order valence-electron chi connectivity index (χ4n) is 3.03. The van der Waals surface area contributed by atoms with Gasteiger partial charge in [0.2, 0.25) is 0 Å². The number of ether oxygens (including phenoxy) is 3. The van der Waals surface area contributed by atoms with Crippen LogP contribution in [0.25, 0.3) is 12.2 Å². The van der Waals surface area contributed by atoms with E-state index in [4.69, 9.17) is 19.3 Å². The molecule has 0 bridgehead atoms. The third kappa shape index (κ3) is 8.87. The molecule has 0 spiro atoms. The van der Waals surface area contributed by atoms with Gasteiger partial charge in [-0.15, -0.1) is 0 Å². The predicted molar refractivity (Wildman–Crippen MR) is 142 cm³/mol. The maximum atomic E-state index is 11.9. The first-order chi connectivity index (χ1) is 18.2. The van der Waals surface area contributed by atoms with Gasteiger partial charge in [-0.25, -0.2) is 0 Å². The van der Waals surface area contributed by atoms with Crippen molar-refractivity contribution in [1.82, 2.24) is 0 Å². The summed E-state index contributed by atoms with van der Waals surface area (Å²) in [5, 5.41) is 28.2. The second-order valence-electron chi connectivity index (χ2n) is 7.69. The number of methoxy groups -OCH3 is 3. The third-order valence-corrected chi connectivity index (χ3v) is 5.02. The number of allylic oxidation sites excluding steroid dienone is 2. The summed E-state index contributed by atoms with van der Waals surface area (Å²) in [4.78, 5) is 34.1. The summed E-state index contributed by atoms with van der Waals surface area (Å²) >= 11 is 0. The van der Waals surface area contributed by atoms with E-state index in [9.17, 15) is 24.6 Å². The molecule has 0 atom stereocenters. The molecule has 3 rings (SSSR count). The van der Waals surface area contributed by atoms with Gasteiger partial charge < -0.3 is 29.5 Å². The minimum Gasteiger partial charge on any atom is -0.504 e. The summed E-state index contributed by atoms with van der Waals surface area (Å²) < 4.78 is 14.8. The first-order valence-corrected chi connectivity index (χ1v) is 11.2. The van der Waals surface area contributed by atoms with Crippen LogP contribution in [0, 0.1) is 0 Å². The van der Waals surface area contributed by atoms with E-state index in [0.717, 1.165) is 0 Å². The number of hydrogen-bond acceptors (Lipinski definition) is 9. The van der Waals surface area contributed by atoms with Crippen LogP contribution >= 0.6 is 0 Å². The van der Waals surface area contributed by atoms with Crippen molar-refractivity contribution in [2.45, 2.75) is 6.42 Å². The van der Waals surface area contributed by atoms with Crippen LogP contribution in [0.5, 0.6) is 34.5 Å². The Morgan fingerprint density at radius 3 is 1.32 bits per heavy atom. The molecule has 0 heterocycles. The highest BCUT2D eigenvalue weighted by molar-refractivity contribution is 6.10. The second-order valence-corrected chi connectivity index (χ2v) is 7.69. The highest BCUT2D eigenvalue weighted by atomic mass is 16.5. The Labute approximate surface area is 219 Å². The van der Waals surface area contributed by atoms with Crippen molar-refractivity contribution >= 4 is 30.0 Å². The van der Waals surface area contributed by atoms with Crippen LogP contribution in [0.3, 0.4) is 0 Å². The van der Waals surface area contributed by atoms with E-state index in [-0.39, 0.29) is 35.2 Å². The van der Waals surface area contributed by atoms with Gasteiger partial charge in [-0.1, -0.05) is 24.3 Å². The third-order valence-electron chi connectivity index (χ3n) is 5.02. The zero-order valence-corrected chi connectivity index (χ0v) is 21.1. The molecule has 0 saturated heterocycles. The van der Waals surface area contributed by atoms with Gasteiger partial charge in [-0.05, 0) is 65.7 Å². The molecular weight excluding hydrogens is 492 g/mol. The Hall–Kier alpha value is -5.05. The fraction of sp³-hybridized carbons (Fsp3) is 0.138. The molecule has 0 aliphatic carbocycles. The maximum absolute atomic E-state index is 11.9. The molecule has 0 radical (unpaired) electrons. The van der Waals surface area contributed by atoms with E-state index in [2.05, 4.69) is 0 Å². The Balaban J connectivity index is 0.000000384. The molecule has 0 amide bonds. The molecule has 0 saturated carbocycles. The van der Waals surface area contributed by atoms with Crippen molar-refractivity contribution in [2.75, 3.05) is 21.3 Å². The van der Waals surface area contributed by atoms with Gasteiger partial charge in [0.25, 0.3) is 0 Å². The summed E-state index contributed by atoms with van der Waals surface area (Å²) in [6.07, 6.45) is 6.14. The van der Waals surface area contributed by atoms with Gasteiger partial charge in [-0.2, -0.15) is 0 Å². The minimum absolute atomic E-state index is 0.00662. The smallest absolute Gasteiger partial charge is 0.163 e. The van der Waals surface area contributed by atoms with Crippen LogP contribution < -0.4 is 14.2 Å². The van der Waals surface area contributed by atoms with Gasteiger partial charge in [0, 0.05) is 5.56 Å². The summed E-state index contributed by atoms with van der Waals surface area (Å²) in [5.41, 5.74) is 1.81. The highest BCUT2D eigenvalue weighted by Crippen LogP contribution is 2.28. The van der Waals surface area contributed by atoms with Crippen LogP contribution in [0.2, 0.25) is 0 Å². The van der Waals surface area contributed by atoms with E-state index < -0.39 is 0 Å². The monoisotopic (exact) mass is 520 g/mol. The number of carbonyl (C=O) groups excluding carboxylic acids is 3. The van der Waals surface area contributed by atoms with Gasteiger partial charge in [-0.3, -0.25) is 14.4 Å². The second kappa shape index (κ2) is 14.5. The van der Waals surface area contributed by atoms with Crippen molar-refractivity contribution < 1.29 is 43.9 Å². The number of benzene rings is 3. The number of ketones is 2. The molecule has 9 nitrogen and oxygen atoms in total. The molecule has 9 heteroatoms. The van der Waals surface area contributed by atoms with Crippen molar-refractivity contribution in [3.63, 3.8) is 0 Å². The van der Waals surface area contributed by atoms with Crippen LogP contribution in [0.15, 0.2) is 66.7 Å². The van der Waals surface area contributed by atoms with Crippen molar-refractivity contribution in [2.24, 2.45) is 0 Å². The molecule has 3 aromatic rings. The number of hydrogen-bond donors (Lipinski definition) is 3. The molecule has 0 aromatic heterocycles. The lowest BCUT2D eigenvalue weighted by atomic mass is 10.1. The molecule has 0 fully saturated rings. The maximum Gasteiger partial charge on any atom is 0.163 e. The highest BCUT2D eigenvalue weighted by Gasteiger charge is 2.06. The largest absolute Gasteiger partial charge is 0.504 e. The molecule has 3 N–H and O–H groups in total. The lowest BCUT2D eigenvalue weighted by Crippen LogP contribution is -2.01. The molecule has 38 heavy (non-hydrogen) atoms. The first-order valence-electron chi connectivity index (χ1n) is 11.2. The van der Waals surface area contributed by atoms with E-state index in [1.54, 1.807) is 36.4 Å². The van der Waals surface area contributed by atoms with Gasteiger partial charge in [0.1, 0.15) is 6.29 Å². The zero-order valence-electron chi connectivity index (χ0n) is 21.1. The van der Waals surface area contributed by atoms with Gasteiger partial charge >= 0.3 is 0 Å². The molecule has 198 valence electrons. The fourth-order valence-corrected chi connectivity index (χ4v) is 3.03. The van der Waals surface area contributed by atoms with E-state index >= 15 is 0 Å². The van der Waals surface area contributed by atoms with E-state index in [1.165, 1.54) is 63.8 Å².